The van der Waals surface area contributed by atoms with Gasteiger partial charge in [0, 0.05) is 30.3 Å². The van der Waals surface area contributed by atoms with Gasteiger partial charge in [-0.05, 0) is 75.3 Å². The van der Waals surface area contributed by atoms with E-state index in [4.69, 9.17) is 4.74 Å². The second-order valence-corrected chi connectivity index (χ2v) is 10.3. The van der Waals surface area contributed by atoms with Gasteiger partial charge < -0.3 is 14.7 Å². The largest absolute Gasteiger partial charge is 0.481 e. The highest BCUT2D eigenvalue weighted by atomic mass is 16.5. The zero-order valence-electron chi connectivity index (χ0n) is 21.1. The number of allylic oxidation sites excluding steroid dienone is 2. The van der Waals surface area contributed by atoms with Gasteiger partial charge in [0.15, 0.2) is 11.3 Å². The van der Waals surface area contributed by atoms with Crippen LogP contribution in [0.5, 0.6) is 0 Å². The number of carboxylic acids is 1. The molecule has 0 radical (unpaired) electrons. The molecule has 0 saturated carbocycles. The Balaban J connectivity index is 2.17. The van der Waals surface area contributed by atoms with Crippen molar-refractivity contribution in [2.24, 2.45) is 0 Å². The molecule has 1 unspecified atom stereocenters. The van der Waals surface area contributed by atoms with Crippen LogP contribution in [0.15, 0.2) is 40.7 Å². The minimum atomic E-state index is -0.914. The monoisotopic (exact) mass is 470 g/mol. The first kappa shape index (κ1) is 25.6. The van der Waals surface area contributed by atoms with E-state index in [0.717, 1.165) is 23.2 Å². The van der Waals surface area contributed by atoms with Crippen molar-refractivity contribution in [3.8, 4) is 18.2 Å². The molecule has 3 rings (SSSR count). The van der Waals surface area contributed by atoms with Crippen LogP contribution in [-0.2, 0) is 16.0 Å². The van der Waals surface area contributed by atoms with Gasteiger partial charge in [0.05, 0.1) is 0 Å². The molecule has 1 N–H and O–H groups in total. The molecule has 7 heteroatoms. The molecule has 2 aliphatic heterocycles. The molecule has 0 saturated heterocycles. The molecule has 1 atom stereocenters. The Labute approximate surface area is 206 Å². The normalized spacial score (nSPS) is 20.0. The van der Waals surface area contributed by atoms with Crippen molar-refractivity contribution in [2.75, 3.05) is 11.9 Å². The third kappa shape index (κ3) is 4.79. The minimum absolute atomic E-state index is 0.00355. The summed E-state index contributed by atoms with van der Waals surface area (Å²) in [5.74, 6) is -0.550. The van der Waals surface area contributed by atoms with Gasteiger partial charge in [-0.3, -0.25) is 4.79 Å². The number of nitriles is 3. The quantitative estimate of drug-likeness (QED) is 0.574. The first-order chi connectivity index (χ1) is 16.4. The summed E-state index contributed by atoms with van der Waals surface area (Å²) in [5, 5.41) is 37.7. The predicted octanol–water partition coefficient (Wildman–Crippen LogP) is 5.37. The minimum Gasteiger partial charge on any atom is -0.481 e. The number of fused-ring (bicyclic) bond motifs is 1. The van der Waals surface area contributed by atoms with Gasteiger partial charge >= 0.3 is 5.97 Å². The SMILES string of the molecule is CC1CC(C)(C)N(C)c2cc(CCC(=O)O)c(/C=C/C3=C(C#N)C(=C(C#N)C#N)OC3(C)C)cc21. The van der Waals surface area contributed by atoms with Crippen LogP contribution in [0.2, 0.25) is 0 Å². The molecule has 0 bridgehead atoms. The molecular formula is C28H30N4O3. The van der Waals surface area contributed by atoms with Gasteiger partial charge in [-0.1, -0.05) is 19.1 Å². The number of hydrogen-bond acceptors (Lipinski definition) is 6. The highest BCUT2D eigenvalue weighted by Gasteiger charge is 2.39. The maximum absolute atomic E-state index is 11.3. The van der Waals surface area contributed by atoms with Crippen LogP contribution in [0.4, 0.5) is 5.69 Å². The first-order valence-electron chi connectivity index (χ1n) is 11.6. The Bertz CT molecular complexity index is 1280. The zero-order chi connectivity index (χ0) is 26.1. The summed E-state index contributed by atoms with van der Waals surface area (Å²) in [5.41, 5.74) is 3.62. The van der Waals surface area contributed by atoms with Gasteiger partial charge in [-0.15, -0.1) is 0 Å². The van der Waals surface area contributed by atoms with Crippen molar-refractivity contribution in [3.63, 3.8) is 0 Å². The zero-order valence-corrected chi connectivity index (χ0v) is 21.1. The molecule has 2 heterocycles. The summed E-state index contributed by atoms with van der Waals surface area (Å²) < 4.78 is 5.85. The van der Waals surface area contributed by atoms with Gasteiger partial charge in [-0.2, -0.15) is 15.8 Å². The lowest BCUT2D eigenvalue weighted by Gasteiger charge is -2.45. The lowest BCUT2D eigenvalue weighted by molar-refractivity contribution is -0.136. The van der Waals surface area contributed by atoms with Crippen LogP contribution >= 0.6 is 0 Å². The van der Waals surface area contributed by atoms with Crippen molar-refractivity contribution in [1.82, 2.24) is 0 Å². The topological polar surface area (TPSA) is 121 Å². The van der Waals surface area contributed by atoms with E-state index in [9.17, 15) is 25.7 Å². The number of rotatable bonds is 5. The summed E-state index contributed by atoms with van der Waals surface area (Å²) >= 11 is 0. The second-order valence-electron chi connectivity index (χ2n) is 10.3. The van der Waals surface area contributed by atoms with Gasteiger partial charge in [0.25, 0.3) is 0 Å². The summed E-state index contributed by atoms with van der Waals surface area (Å²) in [7, 11) is 2.07. The number of nitrogens with zero attached hydrogens (tertiary/aromatic N) is 4. The van der Waals surface area contributed by atoms with Crippen LogP contribution in [0.25, 0.3) is 6.08 Å². The van der Waals surface area contributed by atoms with Crippen LogP contribution in [0.3, 0.4) is 0 Å². The Morgan fingerprint density at radius 3 is 2.43 bits per heavy atom. The van der Waals surface area contributed by atoms with E-state index in [1.54, 1.807) is 32.1 Å². The number of ether oxygens (including phenoxy) is 1. The van der Waals surface area contributed by atoms with Crippen LogP contribution in [-0.4, -0.2) is 29.3 Å². The molecule has 35 heavy (non-hydrogen) atoms. The number of anilines is 1. The number of hydrogen-bond donors (Lipinski definition) is 1. The highest BCUT2D eigenvalue weighted by Crippen LogP contribution is 2.44. The number of aryl methyl sites for hydroxylation is 1. The van der Waals surface area contributed by atoms with Crippen molar-refractivity contribution < 1.29 is 14.6 Å². The van der Waals surface area contributed by atoms with Gasteiger partial charge in [0.2, 0.25) is 0 Å². The molecule has 2 aliphatic rings. The third-order valence-electron chi connectivity index (χ3n) is 7.00. The molecular weight excluding hydrogens is 440 g/mol. The van der Waals surface area contributed by atoms with Gasteiger partial charge in [-0.25, -0.2) is 0 Å². The van der Waals surface area contributed by atoms with E-state index in [0.29, 0.717) is 17.9 Å². The molecule has 0 aromatic heterocycles. The van der Waals surface area contributed by atoms with E-state index in [1.807, 2.05) is 6.08 Å². The highest BCUT2D eigenvalue weighted by molar-refractivity contribution is 5.72. The molecule has 1 aromatic carbocycles. The molecule has 180 valence electrons. The van der Waals surface area contributed by atoms with Crippen LogP contribution < -0.4 is 4.90 Å². The third-order valence-corrected chi connectivity index (χ3v) is 7.00. The van der Waals surface area contributed by atoms with E-state index < -0.39 is 11.6 Å². The molecule has 1 aromatic rings. The van der Waals surface area contributed by atoms with Crippen LogP contribution in [0.1, 0.15) is 70.1 Å². The lowest BCUT2D eigenvalue weighted by atomic mass is 9.79. The summed E-state index contributed by atoms with van der Waals surface area (Å²) in [4.78, 5) is 13.6. The predicted molar refractivity (Wildman–Crippen MR) is 133 cm³/mol. The van der Waals surface area contributed by atoms with Crippen molar-refractivity contribution >= 4 is 17.7 Å². The number of carbonyl (C=O) groups is 1. The molecule has 7 nitrogen and oxygen atoms in total. The smallest absolute Gasteiger partial charge is 0.303 e. The maximum Gasteiger partial charge on any atom is 0.303 e. The van der Waals surface area contributed by atoms with Crippen molar-refractivity contribution in [3.05, 3.63) is 57.4 Å². The lowest BCUT2D eigenvalue weighted by Crippen LogP contribution is -2.45. The van der Waals surface area contributed by atoms with E-state index in [2.05, 4.69) is 50.9 Å². The standard InChI is InChI=1S/C28H30N4O3/c1-17-13-27(2,3)32(6)24-12-19(8-10-25(33)34)18(11-21(17)24)7-9-23-22(16-31)26(20(14-29)15-30)35-28(23,4)5/h7,9,11-12,17H,8,10,13H2,1-6H3,(H,33,34)/b9-7+. The fraction of sp³-hybridized carbons (Fsp3) is 0.429. The maximum atomic E-state index is 11.3. The summed E-state index contributed by atoms with van der Waals surface area (Å²) in [6, 6.07) is 9.89. The van der Waals surface area contributed by atoms with Crippen molar-refractivity contribution in [1.29, 1.82) is 15.8 Å². The number of benzene rings is 1. The molecule has 0 aliphatic carbocycles. The number of aliphatic carboxylic acids is 1. The Hall–Kier alpha value is -4.02. The summed E-state index contributed by atoms with van der Waals surface area (Å²) in [6.07, 6.45) is 5.02. The Morgan fingerprint density at radius 2 is 1.86 bits per heavy atom. The fourth-order valence-corrected chi connectivity index (χ4v) is 4.94. The Morgan fingerprint density at radius 1 is 1.20 bits per heavy atom. The average molecular weight is 471 g/mol. The summed E-state index contributed by atoms with van der Waals surface area (Å²) in [6.45, 7) is 10.2. The molecule has 0 spiro atoms. The van der Waals surface area contributed by atoms with Crippen LogP contribution in [0, 0.1) is 34.0 Å². The van der Waals surface area contributed by atoms with E-state index in [-0.39, 0.29) is 28.9 Å². The van der Waals surface area contributed by atoms with Crippen molar-refractivity contribution in [2.45, 2.75) is 70.9 Å². The molecule has 0 amide bonds. The first-order valence-corrected chi connectivity index (χ1v) is 11.6. The van der Waals surface area contributed by atoms with E-state index in [1.165, 1.54) is 5.56 Å². The Kier molecular flexibility index (Phi) is 6.82. The average Bonchev–Trinajstić information content (AvgIpc) is 3.04. The second kappa shape index (κ2) is 9.32. The molecule has 0 fully saturated rings. The van der Waals surface area contributed by atoms with Gasteiger partial charge in [0.1, 0.15) is 29.4 Å². The van der Waals surface area contributed by atoms with E-state index >= 15 is 0 Å². The fourth-order valence-electron chi connectivity index (χ4n) is 4.94. The number of carboxylic acid groups (broad SMARTS) is 1.